The van der Waals surface area contributed by atoms with E-state index in [2.05, 4.69) is 21.6 Å². The van der Waals surface area contributed by atoms with Crippen molar-refractivity contribution in [2.24, 2.45) is 0 Å². The topological polar surface area (TPSA) is 58.0 Å². The first kappa shape index (κ1) is 13.3. The molecule has 1 aliphatic carbocycles. The predicted molar refractivity (Wildman–Crippen MR) is 71.5 cm³/mol. The number of nitrogens with one attached hydrogen (secondary N) is 1. The fraction of sp³-hybridized carbons (Fsp3) is 0.818. The highest BCUT2D eigenvalue weighted by Crippen LogP contribution is 2.38. The van der Waals surface area contributed by atoms with Crippen molar-refractivity contribution in [1.82, 2.24) is 14.7 Å². The normalized spacial score (nSPS) is 29.4. The summed E-state index contributed by atoms with van der Waals surface area (Å²) >= 11 is 3.27. The maximum atomic E-state index is 9.62. The number of thioether (sulfide) groups is 1. The summed E-state index contributed by atoms with van der Waals surface area (Å²) < 4.78 is 5.07. The third-order valence-electron chi connectivity index (χ3n) is 3.26. The summed E-state index contributed by atoms with van der Waals surface area (Å²) in [4.78, 5) is 4.22. The number of rotatable bonds is 5. The third-order valence-corrected chi connectivity index (χ3v) is 5.28. The predicted octanol–water partition coefficient (Wildman–Crippen LogP) is 1.91. The third kappa shape index (κ3) is 3.40. The quantitative estimate of drug-likeness (QED) is 0.858. The van der Waals surface area contributed by atoms with Gasteiger partial charge in [0.05, 0.1) is 6.61 Å². The van der Waals surface area contributed by atoms with Crippen LogP contribution in [0.25, 0.3) is 0 Å². The Labute approximate surface area is 110 Å². The van der Waals surface area contributed by atoms with Crippen LogP contribution in [0.3, 0.4) is 0 Å². The molecule has 1 heterocycles. The molecule has 17 heavy (non-hydrogen) atoms. The zero-order chi connectivity index (χ0) is 12.1. The summed E-state index contributed by atoms with van der Waals surface area (Å²) in [5, 5.41) is 13.6. The van der Waals surface area contributed by atoms with Crippen molar-refractivity contribution >= 4 is 23.3 Å². The molecule has 6 heteroatoms. The first-order valence-corrected chi connectivity index (χ1v) is 7.72. The number of aliphatic hydroxyl groups is 1. The molecule has 1 fully saturated rings. The first-order chi connectivity index (χ1) is 8.28. The monoisotopic (exact) mass is 273 g/mol. The molecule has 0 aliphatic heterocycles. The highest BCUT2D eigenvalue weighted by molar-refractivity contribution is 8.01. The second-order valence-electron chi connectivity index (χ2n) is 4.51. The van der Waals surface area contributed by atoms with Crippen molar-refractivity contribution in [1.29, 1.82) is 0 Å². The maximum Gasteiger partial charge on any atom is 0.170 e. The summed E-state index contributed by atoms with van der Waals surface area (Å²) in [5.74, 6) is 0. The Morgan fingerprint density at radius 3 is 3.24 bits per heavy atom. The molecule has 2 atom stereocenters. The van der Waals surface area contributed by atoms with E-state index in [-0.39, 0.29) is 12.1 Å². The number of hydrogen-bond donors (Lipinski definition) is 2. The van der Waals surface area contributed by atoms with Crippen LogP contribution in [0.1, 0.15) is 32.6 Å². The molecule has 2 rings (SSSR count). The molecule has 0 amide bonds. The second-order valence-corrected chi connectivity index (χ2v) is 6.84. The smallest absolute Gasteiger partial charge is 0.170 e. The van der Waals surface area contributed by atoms with Gasteiger partial charge in [-0.15, -0.1) is 0 Å². The minimum Gasteiger partial charge on any atom is -0.394 e. The van der Waals surface area contributed by atoms with Crippen molar-refractivity contribution in [2.45, 2.75) is 47.7 Å². The number of nitrogens with zero attached hydrogens (tertiary/aromatic N) is 2. The van der Waals surface area contributed by atoms with E-state index >= 15 is 0 Å². The van der Waals surface area contributed by atoms with Gasteiger partial charge < -0.3 is 10.4 Å². The molecular weight excluding hydrogens is 254 g/mol. The van der Waals surface area contributed by atoms with Gasteiger partial charge in [0, 0.05) is 10.8 Å². The average Bonchev–Trinajstić information content (AvgIpc) is 2.83. The highest BCUT2D eigenvalue weighted by Gasteiger charge is 2.35. The molecule has 0 saturated heterocycles. The van der Waals surface area contributed by atoms with E-state index in [4.69, 9.17) is 0 Å². The van der Waals surface area contributed by atoms with E-state index in [1.807, 2.05) is 11.8 Å². The van der Waals surface area contributed by atoms with E-state index in [0.29, 0.717) is 5.25 Å². The van der Waals surface area contributed by atoms with Crippen LogP contribution in [-0.4, -0.2) is 38.4 Å². The molecular formula is C11H19N3OS2. The largest absolute Gasteiger partial charge is 0.394 e. The molecule has 1 aliphatic rings. The lowest BCUT2D eigenvalue weighted by molar-refractivity contribution is 0.125. The second kappa shape index (κ2) is 6.13. The van der Waals surface area contributed by atoms with Crippen LogP contribution in [0.4, 0.5) is 0 Å². The molecule has 0 aromatic carbocycles. The summed E-state index contributed by atoms with van der Waals surface area (Å²) in [6.45, 7) is 3.24. The van der Waals surface area contributed by atoms with E-state index in [1.54, 1.807) is 6.33 Å². The Morgan fingerprint density at radius 1 is 1.71 bits per heavy atom. The fourth-order valence-electron chi connectivity index (χ4n) is 2.50. The number of hydrogen-bond acceptors (Lipinski definition) is 6. The molecule has 1 aromatic rings. The molecule has 4 nitrogen and oxygen atoms in total. The van der Waals surface area contributed by atoms with E-state index in [0.717, 1.165) is 23.7 Å². The Kier molecular flexibility index (Phi) is 4.78. The van der Waals surface area contributed by atoms with E-state index < -0.39 is 0 Å². The van der Waals surface area contributed by atoms with Crippen LogP contribution >= 0.6 is 23.3 Å². The van der Waals surface area contributed by atoms with Gasteiger partial charge in [0.25, 0.3) is 0 Å². The fourth-order valence-corrected chi connectivity index (χ4v) is 4.57. The summed E-state index contributed by atoms with van der Waals surface area (Å²) in [6.07, 6.45) is 6.08. The molecule has 0 spiro atoms. The number of likely N-dealkylation sites (N-methyl/N-ethyl adjacent to an activating group) is 1. The zero-order valence-electron chi connectivity index (χ0n) is 10.1. The van der Waals surface area contributed by atoms with Gasteiger partial charge in [-0.2, -0.15) is 4.37 Å². The van der Waals surface area contributed by atoms with Gasteiger partial charge in [-0.05, 0) is 37.3 Å². The summed E-state index contributed by atoms with van der Waals surface area (Å²) in [6, 6.07) is 0. The minimum atomic E-state index is -0.0741. The molecule has 0 bridgehead atoms. The average molecular weight is 273 g/mol. The van der Waals surface area contributed by atoms with E-state index in [9.17, 15) is 5.11 Å². The van der Waals surface area contributed by atoms with Crippen LogP contribution < -0.4 is 5.32 Å². The molecule has 96 valence electrons. The molecule has 2 N–H and O–H groups in total. The van der Waals surface area contributed by atoms with Crippen LogP contribution in [0, 0.1) is 0 Å². The van der Waals surface area contributed by atoms with Crippen molar-refractivity contribution < 1.29 is 5.11 Å². The van der Waals surface area contributed by atoms with Gasteiger partial charge in [0.15, 0.2) is 4.34 Å². The van der Waals surface area contributed by atoms with Gasteiger partial charge in [0.1, 0.15) is 6.33 Å². The lowest BCUT2D eigenvalue weighted by Gasteiger charge is -2.39. The number of aromatic nitrogens is 2. The maximum absolute atomic E-state index is 9.62. The molecule has 0 radical (unpaired) electrons. The van der Waals surface area contributed by atoms with Crippen molar-refractivity contribution in [3.63, 3.8) is 0 Å². The van der Waals surface area contributed by atoms with Gasteiger partial charge in [-0.1, -0.05) is 25.1 Å². The Bertz CT molecular complexity index is 329. The molecule has 1 saturated carbocycles. The van der Waals surface area contributed by atoms with Crippen LogP contribution in [0.5, 0.6) is 0 Å². The zero-order valence-corrected chi connectivity index (χ0v) is 11.7. The Morgan fingerprint density at radius 2 is 2.59 bits per heavy atom. The first-order valence-electron chi connectivity index (χ1n) is 6.07. The number of aliphatic hydroxyl groups excluding tert-OH is 1. The van der Waals surface area contributed by atoms with Crippen molar-refractivity contribution in [3.8, 4) is 0 Å². The van der Waals surface area contributed by atoms with Gasteiger partial charge >= 0.3 is 0 Å². The minimum absolute atomic E-state index is 0.0741. The Balaban J connectivity index is 1.96. The SMILES string of the molecule is CCNC1(CO)CCCC(Sc2ncns2)C1. The Hall–Kier alpha value is -0.170. The van der Waals surface area contributed by atoms with Crippen molar-refractivity contribution in [3.05, 3.63) is 6.33 Å². The van der Waals surface area contributed by atoms with Gasteiger partial charge in [-0.25, -0.2) is 4.98 Å². The summed E-state index contributed by atoms with van der Waals surface area (Å²) in [5.41, 5.74) is -0.0741. The lowest BCUT2D eigenvalue weighted by atomic mass is 9.82. The molecule has 2 unspecified atom stereocenters. The van der Waals surface area contributed by atoms with Crippen LogP contribution in [0.15, 0.2) is 10.7 Å². The lowest BCUT2D eigenvalue weighted by Crippen LogP contribution is -2.52. The molecule has 1 aromatic heterocycles. The van der Waals surface area contributed by atoms with Crippen LogP contribution in [-0.2, 0) is 0 Å². The summed E-state index contributed by atoms with van der Waals surface area (Å²) in [7, 11) is 0. The van der Waals surface area contributed by atoms with Crippen molar-refractivity contribution in [2.75, 3.05) is 13.2 Å². The van der Waals surface area contributed by atoms with Gasteiger partial charge in [-0.3, -0.25) is 0 Å². The van der Waals surface area contributed by atoms with Crippen LogP contribution in [0.2, 0.25) is 0 Å². The van der Waals surface area contributed by atoms with Gasteiger partial charge in [0.2, 0.25) is 0 Å². The van der Waals surface area contributed by atoms with E-state index in [1.165, 1.54) is 24.4 Å². The highest BCUT2D eigenvalue weighted by atomic mass is 32.2. The standard InChI is InChI=1S/C11H19N3OS2/c1-2-13-11(7-15)5-3-4-9(6-11)16-10-12-8-14-17-10/h8-9,13,15H,2-7H2,1H3.